The Morgan fingerprint density at radius 2 is 1.72 bits per heavy atom. The largest absolute Gasteiger partial charge is 0.336 e. The summed E-state index contributed by atoms with van der Waals surface area (Å²) in [4.78, 5) is 12.7. The van der Waals surface area contributed by atoms with Gasteiger partial charge in [-0.05, 0) is 55.8 Å². The minimum Gasteiger partial charge on any atom is -0.336 e. The number of halogens is 2. The van der Waals surface area contributed by atoms with Gasteiger partial charge in [-0.3, -0.25) is 4.79 Å². The number of carbonyl (C=O) groups excluding carboxylic acids is 1. The van der Waals surface area contributed by atoms with Gasteiger partial charge in [0.1, 0.15) is 17.3 Å². The summed E-state index contributed by atoms with van der Waals surface area (Å²) in [5, 5.41) is 2.76. The first-order chi connectivity index (χ1) is 12.0. The zero-order valence-electron chi connectivity index (χ0n) is 14.0. The molecule has 0 fully saturated rings. The second-order valence-electron chi connectivity index (χ2n) is 5.96. The van der Waals surface area contributed by atoms with Crippen LogP contribution in [0.3, 0.4) is 0 Å². The Hall–Kier alpha value is -2.95. The molecule has 0 unspecified atom stereocenters. The fourth-order valence-corrected chi connectivity index (χ4v) is 2.87. The number of aryl methyl sites for hydroxylation is 2. The van der Waals surface area contributed by atoms with Crippen molar-refractivity contribution in [1.82, 2.24) is 4.57 Å². The van der Waals surface area contributed by atoms with Crippen molar-refractivity contribution in [2.24, 2.45) is 0 Å². The highest BCUT2D eigenvalue weighted by Crippen LogP contribution is 2.20. The van der Waals surface area contributed by atoms with Crippen LogP contribution in [-0.4, -0.2) is 10.5 Å². The van der Waals surface area contributed by atoms with Crippen LogP contribution in [0.4, 0.5) is 14.5 Å². The van der Waals surface area contributed by atoms with E-state index in [1.54, 1.807) is 22.8 Å². The molecule has 0 aliphatic heterocycles. The van der Waals surface area contributed by atoms with Gasteiger partial charge in [0, 0.05) is 16.9 Å². The van der Waals surface area contributed by atoms with E-state index in [2.05, 4.69) is 5.32 Å². The quantitative estimate of drug-likeness (QED) is 0.735. The van der Waals surface area contributed by atoms with Gasteiger partial charge in [0.25, 0.3) is 5.91 Å². The minimum atomic E-state index is -0.368. The Kier molecular flexibility index (Phi) is 4.65. The number of nitrogens with zero attached hydrogens (tertiary/aromatic N) is 1. The van der Waals surface area contributed by atoms with Crippen molar-refractivity contribution in [2.75, 3.05) is 5.32 Å². The summed E-state index contributed by atoms with van der Waals surface area (Å²) < 4.78 is 28.8. The number of hydrogen-bond donors (Lipinski definition) is 1. The lowest BCUT2D eigenvalue weighted by molar-refractivity contribution is 0.101. The van der Waals surface area contributed by atoms with E-state index in [0.717, 1.165) is 11.3 Å². The highest BCUT2D eigenvalue weighted by molar-refractivity contribution is 6.04. The second-order valence-corrected chi connectivity index (χ2v) is 5.96. The summed E-state index contributed by atoms with van der Waals surface area (Å²) in [6.07, 6.45) is 0. The third-order valence-corrected chi connectivity index (χ3v) is 4.10. The van der Waals surface area contributed by atoms with Crippen LogP contribution in [0.5, 0.6) is 0 Å². The minimum absolute atomic E-state index is 0.262. The van der Waals surface area contributed by atoms with Crippen molar-refractivity contribution in [2.45, 2.75) is 20.4 Å². The molecule has 5 heteroatoms. The number of nitrogens with one attached hydrogen (secondary N) is 1. The van der Waals surface area contributed by atoms with Crippen LogP contribution in [0.1, 0.15) is 27.3 Å². The molecule has 0 bridgehead atoms. The zero-order chi connectivity index (χ0) is 18.0. The predicted octanol–water partition coefficient (Wildman–Crippen LogP) is 4.68. The molecule has 0 radical (unpaired) electrons. The van der Waals surface area contributed by atoms with E-state index >= 15 is 0 Å². The van der Waals surface area contributed by atoms with E-state index in [-0.39, 0.29) is 24.1 Å². The lowest BCUT2D eigenvalue weighted by atomic mass is 10.2. The van der Waals surface area contributed by atoms with Gasteiger partial charge in [-0.2, -0.15) is 0 Å². The van der Waals surface area contributed by atoms with Gasteiger partial charge in [0.2, 0.25) is 0 Å². The van der Waals surface area contributed by atoms with Gasteiger partial charge in [0.15, 0.2) is 0 Å². The molecule has 0 atom stereocenters. The molecule has 0 saturated heterocycles. The van der Waals surface area contributed by atoms with Gasteiger partial charge < -0.3 is 9.88 Å². The second kappa shape index (κ2) is 6.89. The van der Waals surface area contributed by atoms with E-state index in [9.17, 15) is 13.6 Å². The average molecular weight is 340 g/mol. The molecule has 1 aromatic heterocycles. The molecule has 0 aliphatic carbocycles. The Bertz CT molecular complexity index is 914. The van der Waals surface area contributed by atoms with E-state index in [4.69, 9.17) is 0 Å². The molecule has 0 aliphatic rings. The van der Waals surface area contributed by atoms with Crippen LogP contribution in [0.15, 0.2) is 54.6 Å². The number of hydrogen-bond acceptors (Lipinski definition) is 1. The first-order valence-corrected chi connectivity index (χ1v) is 7.93. The van der Waals surface area contributed by atoms with Crippen molar-refractivity contribution in [3.05, 3.63) is 88.7 Å². The van der Waals surface area contributed by atoms with Crippen LogP contribution in [-0.2, 0) is 6.54 Å². The highest BCUT2D eigenvalue weighted by atomic mass is 19.1. The van der Waals surface area contributed by atoms with Gasteiger partial charge in [-0.25, -0.2) is 8.78 Å². The van der Waals surface area contributed by atoms with Crippen molar-refractivity contribution < 1.29 is 13.6 Å². The lowest BCUT2D eigenvalue weighted by Crippen LogP contribution is -2.19. The smallest absolute Gasteiger partial charge is 0.272 e. The third-order valence-electron chi connectivity index (χ3n) is 4.10. The number of amides is 1. The van der Waals surface area contributed by atoms with Crippen molar-refractivity contribution >= 4 is 11.6 Å². The third kappa shape index (κ3) is 3.60. The first kappa shape index (κ1) is 16.9. The van der Waals surface area contributed by atoms with Crippen LogP contribution in [0, 0.1) is 25.5 Å². The van der Waals surface area contributed by atoms with E-state index < -0.39 is 0 Å². The molecular weight excluding hydrogens is 322 g/mol. The monoisotopic (exact) mass is 340 g/mol. The molecule has 1 N–H and O–H groups in total. The Labute approximate surface area is 144 Å². The maximum atomic E-state index is 14.0. The molecule has 2 aromatic carbocycles. The topological polar surface area (TPSA) is 34.0 Å². The molecule has 1 heterocycles. The summed E-state index contributed by atoms with van der Waals surface area (Å²) in [5.74, 6) is -0.986. The average Bonchev–Trinajstić information content (AvgIpc) is 2.85. The Balaban J connectivity index is 1.92. The summed E-state index contributed by atoms with van der Waals surface area (Å²) in [7, 11) is 0. The molecule has 1 amide bonds. The Morgan fingerprint density at radius 1 is 1.04 bits per heavy atom. The summed E-state index contributed by atoms with van der Waals surface area (Å²) in [6, 6.07) is 14.0. The first-order valence-electron chi connectivity index (χ1n) is 7.93. The van der Waals surface area contributed by atoms with Gasteiger partial charge in [-0.1, -0.05) is 18.2 Å². The van der Waals surface area contributed by atoms with E-state index in [0.29, 0.717) is 16.9 Å². The number of rotatable bonds is 4. The summed E-state index contributed by atoms with van der Waals surface area (Å²) in [5.41, 5.74) is 3.14. The maximum Gasteiger partial charge on any atom is 0.272 e. The molecule has 25 heavy (non-hydrogen) atoms. The predicted molar refractivity (Wildman–Crippen MR) is 93.8 cm³/mol. The highest BCUT2D eigenvalue weighted by Gasteiger charge is 2.18. The summed E-state index contributed by atoms with van der Waals surface area (Å²) >= 11 is 0. The van der Waals surface area contributed by atoms with E-state index in [1.165, 1.54) is 30.3 Å². The normalized spacial score (nSPS) is 10.7. The fraction of sp³-hybridized carbons (Fsp3) is 0.150. The Morgan fingerprint density at radius 3 is 2.40 bits per heavy atom. The van der Waals surface area contributed by atoms with Crippen LogP contribution >= 0.6 is 0 Å². The molecule has 128 valence electrons. The molecule has 0 saturated carbocycles. The molecule has 3 nitrogen and oxygen atoms in total. The molecule has 3 rings (SSSR count). The number of carbonyl (C=O) groups is 1. The zero-order valence-corrected chi connectivity index (χ0v) is 14.0. The molecular formula is C20H18F2N2O. The number of aromatic nitrogens is 1. The summed E-state index contributed by atoms with van der Waals surface area (Å²) in [6.45, 7) is 3.98. The van der Waals surface area contributed by atoms with Crippen molar-refractivity contribution in [3.8, 4) is 0 Å². The number of anilines is 1. The van der Waals surface area contributed by atoms with Crippen LogP contribution in [0.25, 0.3) is 0 Å². The van der Waals surface area contributed by atoms with E-state index in [1.807, 2.05) is 19.9 Å². The van der Waals surface area contributed by atoms with Crippen molar-refractivity contribution in [1.29, 1.82) is 0 Å². The van der Waals surface area contributed by atoms with Crippen LogP contribution < -0.4 is 5.32 Å². The molecule has 0 spiro atoms. The maximum absolute atomic E-state index is 14.0. The van der Waals surface area contributed by atoms with Gasteiger partial charge >= 0.3 is 0 Å². The van der Waals surface area contributed by atoms with Crippen molar-refractivity contribution in [3.63, 3.8) is 0 Å². The van der Waals surface area contributed by atoms with Gasteiger partial charge in [0.05, 0.1) is 6.54 Å². The standard InChI is InChI=1S/C20H18F2N2O/c1-13-11-14(2)24(12-15-5-3-4-6-18(15)22)19(13)20(25)23-17-9-7-16(21)8-10-17/h3-11H,12H2,1-2H3,(H,23,25). The SMILES string of the molecule is Cc1cc(C)n(Cc2ccccc2F)c1C(=O)Nc1ccc(F)cc1. The fourth-order valence-electron chi connectivity index (χ4n) is 2.87. The van der Waals surface area contributed by atoms with Crippen LogP contribution in [0.2, 0.25) is 0 Å². The van der Waals surface area contributed by atoms with Gasteiger partial charge in [-0.15, -0.1) is 0 Å². The molecule has 3 aromatic rings. The lowest BCUT2D eigenvalue weighted by Gasteiger charge is -2.13. The number of benzene rings is 2.